The molecule has 0 saturated heterocycles. The van der Waals surface area contributed by atoms with Gasteiger partial charge >= 0.3 is 11.9 Å². The zero-order valence-electron chi connectivity index (χ0n) is 10.2. The molecular formula is C12H12FNO6. The van der Waals surface area contributed by atoms with Gasteiger partial charge in [0.05, 0.1) is 0 Å². The number of benzene rings is 1. The minimum absolute atomic E-state index is 0.356. The van der Waals surface area contributed by atoms with Crippen LogP contribution in [0.5, 0.6) is 5.75 Å². The van der Waals surface area contributed by atoms with E-state index in [1.54, 1.807) is 0 Å². The Morgan fingerprint density at radius 1 is 1.25 bits per heavy atom. The third-order valence-electron chi connectivity index (χ3n) is 2.47. The molecule has 20 heavy (non-hydrogen) atoms. The van der Waals surface area contributed by atoms with E-state index >= 15 is 0 Å². The zero-order valence-corrected chi connectivity index (χ0v) is 10.2. The smallest absolute Gasteiger partial charge is 0.326 e. The molecule has 0 spiro atoms. The molecular weight excluding hydrogens is 273 g/mol. The van der Waals surface area contributed by atoms with E-state index in [4.69, 9.17) is 10.2 Å². The lowest BCUT2D eigenvalue weighted by Crippen LogP contribution is -2.41. The molecule has 1 aromatic carbocycles. The number of amides is 1. The van der Waals surface area contributed by atoms with Crippen molar-refractivity contribution in [1.29, 1.82) is 0 Å². The van der Waals surface area contributed by atoms with Gasteiger partial charge in [-0.05, 0) is 18.6 Å². The van der Waals surface area contributed by atoms with Gasteiger partial charge in [0, 0.05) is 6.42 Å². The fourth-order valence-corrected chi connectivity index (χ4v) is 1.49. The average molecular weight is 285 g/mol. The fourth-order valence-electron chi connectivity index (χ4n) is 1.49. The van der Waals surface area contributed by atoms with Crippen LogP contribution in [0.1, 0.15) is 23.2 Å². The Kier molecular flexibility index (Phi) is 5.01. The van der Waals surface area contributed by atoms with Crippen LogP contribution in [-0.4, -0.2) is 39.2 Å². The third-order valence-corrected chi connectivity index (χ3v) is 2.47. The first-order valence-electron chi connectivity index (χ1n) is 5.56. The standard InChI is InChI=1S/C12H12FNO6/c13-6-2-1-3-8(15)10(6)11(18)14-7(12(19)20)4-5-9(16)17/h1-3,7,15H,4-5H2,(H,14,18)(H,16,17)(H,19,20). The Hall–Kier alpha value is -2.64. The fraction of sp³-hybridized carbons (Fsp3) is 0.250. The van der Waals surface area contributed by atoms with Gasteiger partial charge in [-0.2, -0.15) is 0 Å². The Morgan fingerprint density at radius 3 is 2.40 bits per heavy atom. The van der Waals surface area contributed by atoms with Crippen molar-refractivity contribution in [2.45, 2.75) is 18.9 Å². The van der Waals surface area contributed by atoms with Gasteiger partial charge in [-0.3, -0.25) is 9.59 Å². The molecule has 7 nitrogen and oxygen atoms in total. The Morgan fingerprint density at radius 2 is 1.90 bits per heavy atom. The maximum Gasteiger partial charge on any atom is 0.326 e. The number of carbonyl (C=O) groups is 3. The van der Waals surface area contributed by atoms with Crippen molar-refractivity contribution in [3.63, 3.8) is 0 Å². The van der Waals surface area contributed by atoms with Crippen LogP contribution >= 0.6 is 0 Å². The molecule has 8 heteroatoms. The minimum Gasteiger partial charge on any atom is -0.507 e. The predicted molar refractivity (Wildman–Crippen MR) is 63.8 cm³/mol. The second-order valence-corrected chi connectivity index (χ2v) is 3.93. The first-order chi connectivity index (χ1) is 9.32. The number of hydrogen-bond acceptors (Lipinski definition) is 4. The lowest BCUT2D eigenvalue weighted by molar-refractivity contribution is -0.140. The van der Waals surface area contributed by atoms with Gasteiger partial charge in [0.25, 0.3) is 5.91 Å². The lowest BCUT2D eigenvalue weighted by atomic mass is 10.1. The zero-order chi connectivity index (χ0) is 15.3. The van der Waals surface area contributed by atoms with Crippen molar-refractivity contribution in [3.8, 4) is 5.75 Å². The summed E-state index contributed by atoms with van der Waals surface area (Å²) in [5.74, 6) is -5.44. The van der Waals surface area contributed by atoms with Gasteiger partial charge in [-0.1, -0.05) is 6.07 Å². The topological polar surface area (TPSA) is 124 Å². The van der Waals surface area contributed by atoms with Crippen molar-refractivity contribution in [3.05, 3.63) is 29.6 Å². The summed E-state index contributed by atoms with van der Waals surface area (Å²) >= 11 is 0. The maximum atomic E-state index is 13.4. The van der Waals surface area contributed by atoms with Gasteiger partial charge < -0.3 is 20.6 Å². The summed E-state index contributed by atoms with van der Waals surface area (Å²) in [4.78, 5) is 33.0. The van der Waals surface area contributed by atoms with Crippen LogP contribution in [0.2, 0.25) is 0 Å². The average Bonchev–Trinajstić information content (AvgIpc) is 2.33. The van der Waals surface area contributed by atoms with Crippen molar-refractivity contribution in [1.82, 2.24) is 5.32 Å². The lowest BCUT2D eigenvalue weighted by Gasteiger charge is -2.14. The molecule has 0 bridgehead atoms. The maximum absolute atomic E-state index is 13.4. The molecule has 0 aliphatic rings. The van der Waals surface area contributed by atoms with E-state index in [1.807, 2.05) is 5.32 Å². The molecule has 108 valence electrons. The van der Waals surface area contributed by atoms with Gasteiger partial charge in [0.2, 0.25) is 0 Å². The number of rotatable bonds is 6. The number of carboxylic acids is 2. The van der Waals surface area contributed by atoms with Crippen LogP contribution in [0, 0.1) is 5.82 Å². The Balaban J connectivity index is 2.86. The quantitative estimate of drug-likeness (QED) is 0.606. The number of aromatic hydroxyl groups is 1. The molecule has 0 heterocycles. The van der Waals surface area contributed by atoms with E-state index in [0.717, 1.165) is 12.1 Å². The van der Waals surface area contributed by atoms with Crippen LogP contribution in [0.4, 0.5) is 4.39 Å². The van der Waals surface area contributed by atoms with Gasteiger partial charge in [0.1, 0.15) is 23.2 Å². The highest BCUT2D eigenvalue weighted by molar-refractivity contribution is 5.99. The molecule has 1 aromatic rings. The van der Waals surface area contributed by atoms with Crippen LogP contribution < -0.4 is 5.32 Å². The summed E-state index contributed by atoms with van der Waals surface area (Å²) in [6.45, 7) is 0. The summed E-state index contributed by atoms with van der Waals surface area (Å²) in [6, 6.07) is 1.70. The molecule has 1 unspecified atom stereocenters. The summed E-state index contributed by atoms with van der Waals surface area (Å²) < 4.78 is 13.4. The second kappa shape index (κ2) is 6.50. The summed E-state index contributed by atoms with van der Waals surface area (Å²) in [6.07, 6.45) is -0.827. The molecule has 4 N–H and O–H groups in total. The van der Waals surface area contributed by atoms with Crippen LogP contribution in [0.25, 0.3) is 0 Å². The van der Waals surface area contributed by atoms with Crippen LogP contribution in [0.3, 0.4) is 0 Å². The molecule has 0 fully saturated rings. The van der Waals surface area contributed by atoms with Crippen molar-refractivity contribution in [2.75, 3.05) is 0 Å². The van der Waals surface area contributed by atoms with Gasteiger partial charge in [-0.25, -0.2) is 9.18 Å². The Labute approximate surface area is 112 Å². The molecule has 1 amide bonds. The van der Waals surface area contributed by atoms with Crippen LogP contribution in [-0.2, 0) is 9.59 Å². The number of phenols is 1. The number of halogens is 1. The van der Waals surface area contributed by atoms with E-state index < -0.39 is 47.4 Å². The highest BCUT2D eigenvalue weighted by atomic mass is 19.1. The number of aliphatic carboxylic acids is 2. The Bertz CT molecular complexity index is 524. The van der Waals surface area contributed by atoms with Gasteiger partial charge in [0.15, 0.2) is 0 Å². The number of nitrogens with one attached hydrogen (secondary N) is 1. The monoisotopic (exact) mass is 285 g/mol. The molecule has 1 atom stereocenters. The molecule has 1 rings (SSSR count). The largest absolute Gasteiger partial charge is 0.507 e. The van der Waals surface area contributed by atoms with E-state index in [1.165, 1.54) is 6.07 Å². The normalized spacial score (nSPS) is 11.7. The highest BCUT2D eigenvalue weighted by Gasteiger charge is 2.24. The van der Waals surface area contributed by atoms with Crippen LogP contribution in [0.15, 0.2) is 18.2 Å². The predicted octanol–water partition coefficient (Wildman–Crippen LogP) is 0.579. The summed E-state index contributed by atoms with van der Waals surface area (Å²) in [5, 5.41) is 28.7. The third kappa shape index (κ3) is 3.94. The van der Waals surface area contributed by atoms with Crippen molar-refractivity contribution >= 4 is 17.8 Å². The first kappa shape index (κ1) is 15.4. The second-order valence-electron chi connectivity index (χ2n) is 3.93. The van der Waals surface area contributed by atoms with Crippen molar-refractivity contribution in [2.24, 2.45) is 0 Å². The molecule has 0 saturated carbocycles. The SMILES string of the molecule is O=C(O)CCC(NC(=O)c1c(O)cccc1F)C(=O)O. The van der Waals surface area contributed by atoms with E-state index in [-0.39, 0.29) is 6.42 Å². The van der Waals surface area contributed by atoms with Crippen molar-refractivity contribution < 1.29 is 34.1 Å². The highest BCUT2D eigenvalue weighted by Crippen LogP contribution is 2.19. The minimum atomic E-state index is -1.49. The van der Waals surface area contributed by atoms with E-state index in [0.29, 0.717) is 0 Å². The number of carboxylic acid groups (broad SMARTS) is 2. The first-order valence-corrected chi connectivity index (χ1v) is 5.56. The van der Waals surface area contributed by atoms with E-state index in [9.17, 15) is 23.9 Å². The molecule has 0 aromatic heterocycles. The molecule has 0 aliphatic heterocycles. The summed E-state index contributed by atoms with van der Waals surface area (Å²) in [5.41, 5.74) is -0.686. The van der Waals surface area contributed by atoms with Gasteiger partial charge in [-0.15, -0.1) is 0 Å². The van der Waals surface area contributed by atoms with E-state index in [2.05, 4.69) is 0 Å². The number of phenolic OH excluding ortho intramolecular Hbond substituents is 1. The number of hydrogen-bond donors (Lipinski definition) is 4. The summed E-state index contributed by atoms with van der Waals surface area (Å²) in [7, 11) is 0. The molecule has 0 radical (unpaired) electrons. The molecule has 0 aliphatic carbocycles. The number of carbonyl (C=O) groups excluding carboxylic acids is 1.